The zero-order chi connectivity index (χ0) is 18.0. The van der Waals surface area contributed by atoms with Crippen molar-refractivity contribution < 1.29 is 15.0 Å². The molecule has 0 radical (unpaired) electrons. The van der Waals surface area contributed by atoms with Crippen molar-refractivity contribution in [1.82, 2.24) is 10.2 Å². The summed E-state index contributed by atoms with van der Waals surface area (Å²) in [6, 6.07) is 2.89. The SMILES string of the molecule is O=C([C@H]1CCNC1)N1CCCC(C(O)c2cc(Cl)c(Cl)cc2O)CC1. The molecule has 2 aliphatic heterocycles. The number of phenolic OH excluding ortho intramolecular Hbond substituents is 1. The first kappa shape index (κ1) is 18.8. The summed E-state index contributed by atoms with van der Waals surface area (Å²) in [7, 11) is 0. The lowest BCUT2D eigenvalue weighted by Gasteiger charge is -2.25. The summed E-state index contributed by atoms with van der Waals surface area (Å²) in [5.74, 6) is 0.233. The fraction of sp³-hybridized carbons (Fsp3) is 0.611. The number of aliphatic hydroxyl groups excluding tert-OH is 1. The predicted molar refractivity (Wildman–Crippen MR) is 98.0 cm³/mol. The van der Waals surface area contributed by atoms with E-state index in [4.69, 9.17) is 23.2 Å². The van der Waals surface area contributed by atoms with E-state index in [0.29, 0.717) is 23.6 Å². The molecule has 1 aromatic rings. The Morgan fingerprint density at radius 2 is 1.96 bits per heavy atom. The van der Waals surface area contributed by atoms with Crippen molar-refractivity contribution in [3.05, 3.63) is 27.7 Å². The summed E-state index contributed by atoms with van der Waals surface area (Å²) >= 11 is 11.9. The molecular weight excluding hydrogens is 363 g/mol. The minimum atomic E-state index is -0.821. The number of rotatable bonds is 3. The van der Waals surface area contributed by atoms with Gasteiger partial charge in [0.05, 0.1) is 22.1 Å². The Balaban J connectivity index is 1.66. The van der Waals surface area contributed by atoms with Gasteiger partial charge < -0.3 is 20.4 Å². The number of nitrogens with one attached hydrogen (secondary N) is 1. The predicted octanol–water partition coefficient (Wildman–Crippen LogP) is 2.97. The number of benzene rings is 1. The molecule has 2 unspecified atom stereocenters. The average Bonchev–Trinajstić information content (AvgIpc) is 3.01. The van der Waals surface area contributed by atoms with Gasteiger partial charge in [0.1, 0.15) is 5.75 Å². The normalized spacial score (nSPS) is 25.6. The molecule has 0 bridgehead atoms. The largest absolute Gasteiger partial charge is 0.508 e. The molecule has 0 spiro atoms. The number of likely N-dealkylation sites (tertiary alicyclic amines) is 1. The van der Waals surface area contributed by atoms with Crippen LogP contribution >= 0.6 is 23.2 Å². The maximum Gasteiger partial charge on any atom is 0.227 e. The first-order valence-electron chi connectivity index (χ1n) is 8.83. The molecule has 5 nitrogen and oxygen atoms in total. The second kappa shape index (κ2) is 8.12. The van der Waals surface area contributed by atoms with Crippen molar-refractivity contribution in [3.63, 3.8) is 0 Å². The zero-order valence-electron chi connectivity index (χ0n) is 14.0. The molecule has 7 heteroatoms. The van der Waals surface area contributed by atoms with Crippen LogP contribution in [0.3, 0.4) is 0 Å². The lowest BCUT2D eigenvalue weighted by Crippen LogP contribution is -2.37. The van der Waals surface area contributed by atoms with E-state index in [-0.39, 0.29) is 28.5 Å². The van der Waals surface area contributed by atoms with E-state index in [1.54, 1.807) is 0 Å². The number of nitrogens with zero attached hydrogens (tertiary/aromatic N) is 1. The number of amides is 1. The van der Waals surface area contributed by atoms with Crippen molar-refractivity contribution in [2.24, 2.45) is 11.8 Å². The highest BCUT2D eigenvalue weighted by atomic mass is 35.5. The first-order chi connectivity index (χ1) is 12.0. The molecule has 1 amide bonds. The van der Waals surface area contributed by atoms with Crippen LogP contribution in [0.1, 0.15) is 37.4 Å². The fourth-order valence-electron chi connectivity index (χ4n) is 3.82. The van der Waals surface area contributed by atoms with Crippen LogP contribution in [0.25, 0.3) is 0 Å². The van der Waals surface area contributed by atoms with Gasteiger partial charge in [-0.2, -0.15) is 0 Å². The Morgan fingerprint density at radius 1 is 1.20 bits per heavy atom. The second-order valence-corrected chi connectivity index (χ2v) is 7.79. The number of phenols is 1. The van der Waals surface area contributed by atoms with Gasteiger partial charge in [0.15, 0.2) is 0 Å². The number of aliphatic hydroxyl groups is 1. The Morgan fingerprint density at radius 3 is 2.68 bits per heavy atom. The molecule has 3 rings (SSSR count). The van der Waals surface area contributed by atoms with Crippen molar-refractivity contribution in [1.29, 1.82) is 0 Å². The fourth-order valence-corrected chi connectivity index (χ4v) is 4.15. The maximum atomic E-state index is 12.6. The van der Waals surface area contributed by atoms with Gasteiger partial charge in [0.25, 0.3) is 0 Å². The molecule has 25 heavy (non-hydrogen) atoms. The van der Waals surface area contributed by atoms with E-state index in [9.17, 15) is 15.0 Å². The molecule has 3 atom stereocenters. The lowest BCUT2D eigenvalue weighted by atomic mass is 9.89. The second-order valence-electron chi connectivity index (χ2n) is 6.98. The third kappa shape index (κ3) is 4.22. The highest BCUT2D eigenvalue weighted by molar-refractivity contribution is 6.42. The van der Waals surface area contributed by atoms with Crippen LogP contribution in [0, 0.1) is 11.8 Å². The summed E-state index contributed by atoms with van der Waals surface area (Å²) in [6.45, 7) is 3.03. The highest BCUT2D eigenvalue weighted by Crippen LogP contribution is 2.39. The maximum absolute atomic E-state index is 12.6. The Kier molecular flexibility index (Phi) is 6.10. The highest BCUT2D eigenvalue weighted by Gasteiger charge is 2.31. The number of hydrogen-bond acceptors (Lipinski definition) is 4. The van der Waals surface area contributed by atoms with Crippen LogP contribution in [-0.4, -0.2) is 47.2 Å². The van der Waals surface area contributed by atoms with Crippen molar-refractivity contribution in [2.45, 2.75) is 31.8 Å². The zero-order valence-corrected chi connectivity index (χ0v) is 15.6. The topological polar surface area (TPSA) is 72.8 Å². The molecule has 0 aliphatic carbocycles. The molecule has 2 heterocycles. The van der Waals surface area contributed by atoms with Gasteiger partial charge in [-0.1, -0.05) is 23.2 Å². The molecule has 0 aromatic heterocycles. The van der Waals surface area contributed by atoms with Gasteiger partial charge in [-0.15, -0.1) is 0 Å². The molecule has 2 fully saturated rings. The molecule has 0 saturated carbocycles. The monoisotopic (exact) mass is 386 g/mol. The first-order valence-corrected chi connectivity index (χ1v) is 9.58. The third-order valence-corrected chi connectivity index (χ3v) is 6.05. The van der Waals surface area contributed by atoms with E-state index in [1.807, 2.05) is 4.90 Å². The van der Waals surface area contributed by atoms with Crippen LogP contribution in [0.4, 0.5) is 0 Å². The summed E-state index contributed by atoms with van der Waals surface area (Å²) in [5, 5.41) is 24.6. The number of carbonyl (C=O) groups is 1. The van der Waals surface area contributed by atoms with Crippen LogP contribution in [0.2, 0.25) is 10.0 Å². The molecule has 138 valence electrons. The van der Waals surface area contributed by atoms with Crippen molar-refractivity contribution >= 4 is 29.1 Å². The van der Waals surface area contributed by atoms with Gasteiger partial charge in [-0.05, 0) is 44.2 Å². The van der Waals surface area contributed by atoms with Crippen molar-refractivity contribution in [2.75, 3.05) is 26.2 Å². The van der Waals surface area contributed by atoms with Crippen LogP contribution in [-0.2, 0) is 4.79 Å². The molecule has 2 aliphatic rings. The molecule has 1 aromatic carbocycles. The summed E-state index contributed by atoms with van der Waals surface area (Å²) in [6.07, 6.45) is 2.42. The smallest absolute Gasteiger partial charge is 0.227 e. The van der Waals surface area contributed by atoms with E-state index < -0.39 is 6.10 Å². The third-order valence-electron chi connectivity index (χ3n) is 5.33. The van der Waals surface area contributed by atoms with Crippen LogP contribution in [0.15, 0.2) is 12.1 Å². The number of aromatic hydroxyl groups is 1. The Labute approximate surface area is 157 Å². The Hall–Kier alpha value is -1.01. The minimum Gasteiger partial charge on any atom is -0.508 e. The number of hydrogen-bond donors (Lipinski definition) is 3. The summed E-state index contributed by atoms with van der Waals surface area (Å²) in [4.78, 5) is 14.5. The van der Waals surface area contributed by atoms with Crippen molar-refractivity contribution in [3.8, 4) is 5.75 Å². The van der Waals surface area contributed by atoms with Crippen LogP contribution < -0.4 is 5.32 Å². The quantitative estimate of drug-likeness (QED) is 0.746. The van der Waals surface area contributed by atoms with E-state index in [1.165, 1.54) is 12.1 Å². The minimum absolute atomic E-state index is 0.0253. The standard InChI is InChI=1S/C18H24Cl2N2O3/c19-14-8-13(16(23)9-15(14)20)17(24)11-2-1-6-22(7-4-11)18(25)12-3-5-21-10-12/h8-9,11-12,17,21,23-24H,1-7,10H2/t11?,12-,17?/m0/s1. The molecular formula is C18H24Cl2N2O3. The van der Waals surface area contributed by atoms with E-state index >= 15 is 0 Å². The van der Waals surface area contributed by atoms with Gasteiger partial charge in [-0.25, -0.2) is 0 Å². The van der Waals surface area contributed by atoms with Gasteiger partial charge in [-0.3, -0.25) is 4.79 Å². The van der Waals surface area contributed by atoms with E-state index in [2.05, 4.69) is 5.32 Å². The van der Waals surface area contributed by atoms with Gasteiger partial charge in [0.2, 0.25) is 5.91 Å². The lowest BCUT2D eigenvalue weighted by molar-refractivity contribution is -0.134. The number of carbonyl (C=O) groups excluding carboxylic acids is 1. The molecule has 2 saturated heterocycles. The Bertz CT molecular complexity index is 635. The summed E-state index contributed by atoms with van der Waals surface area (Å²) in [5.41, 5.74) is 0.402. The average molecular weight is 387 g/mol. The van der Waals surface area contributed by atoms with Crippen LogP contribution in [0.5, 0.6) is 5.75 Å². The summed E-state index contributed by atoms with van der Waals surface area (Å²) < 4.78 is 0. The van der Waals surface area contributed by atoms with E-state index in [0.717, 1.165) is 38.9 Å². The van der Waals surface area contributed by atoms with Gasteiger partial charge in [0, 0.05) is 31.3 Å². The van der Waals surface area contributed by atoms with Gasteiger partial charge >= 0.3 is 0 Å². The molecule has 3 N–H and O–H groups in total. The number of halogens is 2.